The van der Waals surface area contributed by atoms with Gasteiger partial charge in [0, 0.05) is 18.9 Å². The molecule has 8 heteroatoms. The summed E-state index contributed by atoms with van der Waals surface area (Å²) in [5.41, 5.74) is 0.842. The molecule has 0 saturated heterocycles. The summed E-state index contributed by atoms with van der Waals surface area (Å²) in [5, 5.41) is 6.60. The molecule has 1 saturated carbocycles. The Morgan fingerprint density at radius 1 is 1.19 bits per heavy atom. The lowest BCUT2D eigenvalue weighted by atomic mass is 10.1. The number of fused-ring (bicyclic) bond motifs is 1. The zero-order chi connectivity index (χ0) is 18.1. The second-order valence-corrected chi connectivity index (χ2v) is 6.51. The zero-order valence-corrected chi connectivity index (χ0v) is 14.1. The molecule has 1 aliphatic carbocycles. The standard InChI is InChI=1S/C18H18N4O4/c23-14(19-10-15-20-16(21-26-15)11-7-8-11)6-3-9-22-17(24)12-4-1-2-5-13(12)18(22)25/h1-2,4-5,11H,3,6-10H2,(H,19,23). The monoisotopic (exact) mass is 354 g/mol. The number of rotatable bonds is 7. The molecule has 1 fully saturated rings. The maximum Gasteiger partial charge on any atom is 0.261 e. The van der Waals surface area contributed by atoms with Crippen molar-refractivity contribution in [3.63, 3.8) is 0 Å². The summed E-state index contributed by atoms with van der Waals surface area (Å²) < 4.78 is 5.09. The highest BCUT2D eigenvalue weighted by atomic mass is 16.5. The average molecular weight is 354 g/mol. The van der Waals surface area contributed by atoms with Crippen molar-refractivity contribution < 1.29 is 18.9 Å². The second-order valence-electron chi connectivity index (χ2n) is 6.51. The SMILES string of the molecule is O=C(CCCN1C(=O)c2ccccc2C1=O)NCc1nc(C2CC2)no1. The summed E-state index contributed by atoms with van der Waals surface area (Å²) in [6.07, 6.45) is 2.78. The smallest absolute Gasteiger partial charge is 0.261 e. The first-order valence-corrected chi connectivity index (χ1v) is 8.68. The average Bonchev–Trinajstić information content (AvgIpc) is 3.35. The minimum atomic E-state index is -0.301. The van der Waals surface area contributed by atoms with Gasteiger partial charge < -0.3 is 9.84 Å². The van der Waals surface area contributed by atoms with Crippen molar-refractivity contribution in [3.8, 4) is 0 Å². The van der Waals surface area contributed by atoms with Crippen molar-refractivity contribution in [1.82, 2.24) is 20.4 Å². The van der Waals surface area contributed by atoms with Crippen molar-refractivity contribution >= 4 is 17.7 Å². The molecule has 26 heavy (non-hydrogen) atoms. The van der Waals surface area contributed by atoms with Crippen molar-refractivity contribution in [3.05, 3.63) is 47.1 Å². The molecule has 1 aromatic carbocycles. The molecule has 134 valence electrons. The summed E-state index contributed by atoms with van der Waals surface area (Å²) in [4.78, 5) is 41.8. The fraction of sp³-hybridized carbons (Fsp3) is 0.389. The van der Waals surface area contributed by atoms with E-state index in [2.05, 4.69) is 15.5 Å². The number of hydrogen-bond acceptors (Lipinski definition) is 6. The van der Waals surface area contributed by atoms with Crippen LogP contribution in [0, 0.1) is 0 Å². The van der Waals surface area contributed by atoms with Crippen LogP contribution in [-0.4, -0.2) is 39.3 Å². The maximum atomic E-state index is 12.2. The van der Waals surface area contributed by atoms with Gasteiger partial charge in [-0.3, -0.25) is 19.3 Å². The summed E-state index contributed by atoms with van der Waals surface area (Å²) in [7, 11) is 0. The van der Waals surface area contributed by atoms with Gasteiger partial charge in [-0.15, -0.1) is 0 Å². The predicted octanol–water partition coefficient (Wildman–Crippen LogP) is 1.64. The minimum Gasteiger partial charge on any atom is -0.347 e. The van der Waals surface area contributed by atoms with E-state index in [1.54, 1.807) is 24.3 Å². The van der Waals surface area contributed by atoms with Crippen molar-refractivity contribution in [2.24, 2.45) is 0 Å². The van der Waals surface area contributed by atoms with Gasteiger partial charge in [0.2, 0.25) is 11.8 Å². The number of benzene rings is 1. The molecule has 0 bridgehead atoms. The van der Waals surface area contributed by atoms with E-state index in [1.165, 1.54) is 4.90 Å². The van der Waals surface area contributed by atoms with Crippen LogP contribution in [0.4, 0.5) is 0 Å². The molecular weight excluding hydrogens is 336 g/mol. The maximum absolute atomic E-state index is 12.2. The number of imide groups is 1. The normalized spacial score (nSPS) is 16.1. The van der Waals surface area contributed by atoms with Crippen LogP contribution in [0.1, 0.15) is 64.0 Å². The predicted molar refractivity (Wildman–Crippen MR) is 89.2 cm³/mol. The molecular formula is C18H18N4O4. The van der Waals surface area contributed by atoms with Crippen LogP contribution in [0.2, 0.25) is 0 Å². The fourth-order valence-corrected chi connectivity index (χ4v) is 2.95. The number of hydrogen-bond donors (Lipinski definition) is 1. The highest BCUT2D eigenvalue weighted by Gasteiger charge is 2.34. The summed E-state index contributed by atoms with van der Waals surface area (Å²) in [6.45, 7) is 0.401. The Morgan fingerprint density at radius 2 is 1.88 bits per heavy atom. The molecule has 2 aliphatic rings. The van der Waals surface area contributed by atoms with Gasteiger partial charge in [0.05, 0.1) is 17.7 Å². The molecule has 1 N–H and O–H groups in total. The van der Waals surface area contributed by atoms with Crippen LogP contribution in [-0.2, 0) is 11.3 Å². The van der Waals surface area contributed by atoms with Gasteiger partial charge in [-0.2, -0.15) is 4.98 Å². The number of carbonyl (C=O) groups excluding carboxylic acids is 3. The van der Waals surface area contributed by atoms with E-state index >= 15 is 0 Å². The van der Waals surface area contributed by atoms with Gasteiger partial charge in [0.25, 0.3) is 11.8 Å². The van der Waals surface area contributed by atoms with Crippen LogP contribution in [0.15, 0.2) is 28.8 Å². The van der Waals surface area contributed by atoms with Crippen molar-refractivity contribution in [2.75, 3.05) is 6.54 Å². The third-order valence-electron chi connectivity index (χ3n) is 4.53. The second kappa shape index (κ2) is 6.70. The van der Waals surface area contributed by atoms with E-state index in [-0.39, 0.29) is 37.2 Å². The number of aromatic nitrogens is 2. The molecule has 2 aromatic rings. The van der Waals surface area contributed by atoms with Gasteiger partial charge in [0.1, 0.15) is 0 Å². The quantitative estimate of drug-likeness (QED) is 0.758. The molecule has 2 heterocycles. The first-order valence-electron chi connectivity index (χ1n) is 8.68. The van der Waals surface area contributed by atoms with E-state index in [0.29, 0.717) is 35.2 Å². The van der Waals surface area contributed by atoms with Crippen molar-refractivity contribution in [1.29, 1.82) is 0 Å². The first kappa shape index (κ1) is 16.4. The summed E-state index contributed by atoms with van der Waals surface area (Å²) in [5.74, 6) is 0.713. The molecule has 1 aromatic heterocycles. The lowest BCUT2D eigenvalue weighted by Crippen LogP contribution is -2.32. The molecule has 3 amide bonds. The Kier molecular flexibility index (Phi) is 4.24. The van der Waals surface area contributed by atoms with Gasteiger partial charge >= 0.3 is 0 Å². The molecule has 0 radical (unpaired) electrons. The zero-order valence-electron chi connectivity index (χ0n) is 14.1. The van der Waals surface area contributed by atoms with Gasteiger partial charge in [-0.25, -0.2) is 0 Å². The molecule has 4 rings (SSSR count). The number of amides is 3. The Hall–Kier alpha value is -3.03. The van der Waals surface area contributed by atoms with E-state index in [1.807, 2.05) is 0 Å². The van der Waals surface area contributed by atoms with Crippen LogP contribution in [0.3, 0.4) is 0 Å². The van der Waals surface area contributed by atoms with Crippen LogP contribution >= 0.6 is 0 Å². The summed E-state index contributed by atoms with van der Waals surface area (Å²) in [6, 6.07) is 6.74. The van der Waals surface area contributed by atoms with Gasteiger partial charge in [-0.1, -0.05) is 17.3 Å². The Balaban J connectivity index is 1.22. The van der Waals surface area contributed by atoms with E-state index in [4.69, 9.17) is 4.52 Å². The lowest BCUT2D eigenvalue weighted by Gasteiger charge is -2.13. The molecule has 1 aliphatic heterocycles. The van der Waals surface area contributed by atoms with Gasteiger partial charge in [0.15, 0.2) is 5.82 Å². The number of nitrogens with one attached hydrogen (secondary N) is 1. The van der Waals surface area contributed by atoms with E-state index in [0.717, 1.165) is 12.8 Å². The molecule has 0 spiro atoms. The Bertz CT molecular complexity index is 837. The fourth-order valence-electron chi connectivity index (χ4n) is 2.95. The van der Waals surface area contributed by atoms with E-state index in [9.17, 15) is 14.4 Å². The topological polar surface area (TPSA) is 105 Å². The minimum absolute atomic E-state index is 0.186. The van der Waals surface area contributed by atoms with Crippen molar-refractivity contribution in [2.45, 2.75) is 38.1 Å². The van der Waals surface area contributed by atoms with Crippen LogP contribution < -0.4 is 5.32 Å². The number of carbonyl (C=O) groups is 3. The molecule has 8 nitrogen and oxygen atoms in total. The van der Waals surface area contributed by atoms with Crippen LogP contribution in [0.5, 0.6) is 0 Å². The number of nitrogens with zero attached hydrogens (tertiary/aromatic N) is 3. The first-order chi connectivity index (χ1) is 12.6. The molecule has 0 atom stereocenters. The third kappa shape index (κ3) is 3.22. The highest BCUT2D eigenvalue weighted by molar-refractivity contribution is 6.21. The third-order valence-corrected chi connectivity index (χ3v) is 4.53. The highest BCUT2D eigenvalue weighted by Crippen LogP contribution is 2.38. The summed E-state index contributed by atoms with van der Waals surface area (Å²) >= 11 is 0. The largest absolute Gasteiger partial charge is 0.347 e. The Labute approximate surface area is 149 Å². The van der Waals surface area contributed by atoms with Crippen LogP contribution in [0.25, 0.3) is 0 Å². The van der Waals surface area contributed by atoms with Gasteiger partial charge in [-0.05, 0) is 31.4 Å². The Morgan fingerprint density at radius 3 is 2.54 bits per heavy atom. The lowest BCUT2D eigenvalue weighted by molar-refractivity contribution is -0.121. The molecule has 0 unspecified atom stereocenters. The van der Waals surface area contributed by atoms with E-state index < -0.39 is 0 Å².